The van der Waals surface area contributed by atoms with Crippen molar-refractivity contribution < 1.29 is 23.9 Å². The maximum absolute atomic E-state index is 13.5. The Balaban J connectivity index is 0.901. The lowest BCUT2D eigenvalue weighted by Gasteiger charge is -2.36. The summed E-state index contributed by atoms with van der Waals surface area (Å²) >= 11 is 4.88. The summed E-state index contributed by atoms with van der Waals surface area (Å²) in [4.78, 5) is 74.0. The second-order valence-corrected chi connectivity index (χ2v) is 15.0. The van der Waals surface area contributed by atoms with Crippen molar-refractivity contribution in [1.29, 1.82) is 0 Å². The van der Waals surface area contributed by atoms with Gasteiger partial charge in [-0.15, -0.1) is 11.3 Å². The number of halogens is 1. The minimum absolute atomic E-state index is 0.0784. The molecule has 0 spiro atoms. The Bertz CT molecular complexity index is 2070. The fraction of sp³-hybridized carbons (Fsp3) is 0.389. The third-order valence-electron chi connectivity index (χ3n) is 9.75. The molecule has 0 saturated carbocycles. The lowest BCUT2D eigenvalue weighted by molar-refractivity contribution is -0.136. The van der Waals surface area contributed by atoms with Crippen LogP contribution in [0, 0.1) is 0 Å². The van der Waals surface area contributed by atoms with Crippen LogP contribution in [-0.2, 0) is 9.59 Å². The van der Waals surface area contributed by atoms with Gasteiger partial charge in [-0.25, -0.2) is 4.98 Å². The van der Waals surface area contributed by atoms with Gasteiger partial charge in [-0.1, -0.05) is 18.2 Å². The summed E-state index contributed by atoms with van der Waals surface area (Å²) < 4.78 is 8.04. The van der Waals surface area contributed by atoms with Crippen molar-refractivity contribution in [3.8, 4) is 5.75 Å². The Morgan fingerprint density at radius 3 is 2.65 bits per heavy atom. The van der Waals surface area contributed by atoms with E-state index in [1.165, 1.54) is 16.9 Å². The van der Waals surface area contributed by atoms with Crippen molar-refractivity contribution in [2.75, 3.05) is 50.6 Å². The van der Waals surface area contributed by atoms with E-state index < -0.39 is 29.7 Å². The fourth-order valence-electron chi connectivity index (χ4n) is 7.23. The zero-order valence-corrected chi connectivity index (χ0v) is 30.7. The number of imide groups is 2. The molecule has 0 radical (unpaired) electrons. The third kappa shape index (κ3) is 7.02. The molecule has 2 aromatic heterocycles. The molecule has 7 rings (SSSR count). The summed E-state index contributed by atoms with van der Waals surface area (Å²) in [5.74, 6) is -0.380. The van der Waals surface area contributed by atoms with E-state index in [2.05, 4.69) is 55.6 Å². The largest absolute Gasteiger partial charge is 0.494 e. The van der Waals surface area contributed by atoms with Gasteiger partial charge >= 0.3 is 0 Å². The second-order valence-electron chi connectivity index (χ2n) is 13.3. The number of benzene rings is 2. The Hall–Kier alpha value is -4.60. The van der Waals surface area contributed by atoms with Crippen LogP contribution in [0.1, 0.15) is 64.3 Å². The van der Waals surface area contributed by atoms with Crippen molar-refractivity contribution in [2.45, 2.75) is 50.1 Å². The lowest BCUT2D eigenvalue weighted by atomic mass is 9.88. The SMILES string of the molecule is CN1C[C@H](Nc2nc3sccn3c(=O)c2Br)C[C@H](c2ccc(OCCCCN(C)c3cccc4c3C(=O)N(C3CCC(=O)NC3=O)C4=O)cc2)C1. The molecule has 2 saturated heterocycles. The first-order valence-corrected chi connectivity index (χ1v) is 18.6. The van der Waals surface area contributed by atoms with Crippen molar-refractivity contribution in [2.24, 2.45) is 0 Å². The molecule has 266 valence electrons. The summed E-state index contributed by atoms with van der Waals surface area (Å²) in [7, 11) is 3.98. The number of ether oxygens (including phenoxy) is 1. The molecule has 3 atom stereocenters. The quantitative estimate of drug-likeness (QED) is 0.169. The molecule has 3 aliphatic heterocycles. The van der Waals surface area contributed by atoms with Crippen LogP contribution in [0.3, 0.4) is 0 Å². The molecule has 51 heavy (non-hydrogen) atoms. The van der Waals surface area contributed by atoms with Gasteiger partial charge < -0.3 is 19.9 Å². The van der Waals surface area contributed by atoms with Crippen LogP contribution < -0.4 is 25.8 Å². The standard InChI is InChI=1S/C36H38BrN7O6S/c1-41-19-22(18-23(20-41)38-31-30(37)35(49)43-15-17-51-36(43)40-31)21-8-10-24(11-9-21)50-16-4-3-14-42(2)26-7-5-6-25-29(26)34(48)44(33(25)47)27-12-13-28(45)39-32(27)46/h5-11,15,17,22-23,27,38H,3-4,12-14,16,18-20H2,1-2H3,(H,39,45,46)/t22-,23+,27?/m0/s1. The number of hydrogen-bond acceptors (Lipinski definition) is 11. The zero-order valence-electron chi connectivity index (χ0n) is 28.3. The van der Waals surface area contributed by atoms with E-state index in [-0.39, 0.29) is 35.6 Å². The van der Waals surface area contributed by atoms with Crippen LogP contribution in [0.2, 0.25) is 0 Å². The molecule has 0 bridgehead atoms. The van der Waals surface area contributed by atoms with Gasteiger partial charge in [0.05, 0.1) is 23.4 Å². The smallest absolute Gasteiger partial charge is 0.275 e. The fourth-order valence-corrected chi connectivity index (χ4v) is 8.33. The molecule has 13 nitrogen and oxygen atoms in total. The number of likely N-dealkylation sites (N-methyl/N-ethyl adjacent to an activating group) is 1. The number of anilines is 2. The number of hydrogen-bond donors (Lipinski definition) is 2. The molecule has 15 heteroatoms. The summed E-state index contributed by atoms with van der Waals surface area (Å²) in [5.41, 5.74) is 2.29. The highest BCUT2D eigenvalue weighted by Crippen LogP contribution is 2.34. The number of nitrogens with one attached hydrogen (secondary N) is 2. The van der Waals surface area contributed by atoms with E-state index in [0.29, 0.717) is 40.0 Å². The van der Waals surface area contributed by atoms with Gasteiger partial charge in [0, 0.05) is 50.7 Å². The molecule has 4 amide bonds. The number of fused-ring (bicyclic) bond motifs is 2. The van der Waals surface area contributed by atoms with Gasteiger partial charge in [0.1, 0.15) is 22.1 Å². The van der Waals surface area contributed by atoms with Crippen LogP contribution in [0.25, 0.3) is 4.96 Å². The van der Waals surface area contributed by atoms with Gasteiger partial charge in [-0.2, -0.15) is 0 Å². The Morgan fingerprint density at radius 2 is 1.86 bits per heavy atom. The van der Waals surface area contributed by atoms with E-state index in [9.17, 15) is 24.0 Å². The van der Waals surface area contributed by atoms with Crippen molar-refractivity contribution >= 4 is 67.4 Å². The van der Waals surface area contributed by atoms with E-state index in [1.807, 2.05) is 29.5 Å². The first kappa shape index (κ1) is 34.8. The van der Waals surface area contributed by atoms with Crippen LogP contribution in [0.15, 0.2) is 63.3 Å². The molecule has 1 unspecified atom stereocenters. The molecular formula is C36H38BrN7O6S. The van der Waals surface area contributed by atoms with Crippen molar-refractivity contribution in [1.82, 2.24) is 24.5 Å². The molecule has 2 N–H and O–H groups in total. The number of unbranched alkanes of at least 4 members (excludes halogenated alkanes) is 1. The second kappa shape index (κ2) is 14.6. The molecule has 2 aromatic carbocycles. The first-order chi connectivity index (χ1) is 24.6. The Labute approximate surface area is 306 Å². The van der Waals surface area contributed by atoms with Gasteiger partial charge in [-0.05, 0) is 84.4 Å². The number of nitrogens with zero attached hydrogens (tertiary/aromatic N) is 5. The maximum Gasteiger partial charge on any atom is 0.275 e. The molecule has 2 fully saturated rings. The Morgan fingerprint density at radius 1 is 1.06 bits per heavy atom. The summed E-state index contributed by atoms with van der Waals surface area (Å²) in [6, 6.07) is 12.5. The van der Waals surface area contributed by atoms with E-state index in [1.54, 1.807) is 28.8 Å². The van der Waals surface area contributed by atoms with Crippen LogP contribution in [0.4, 0.5) is 11.5 Å². The van der Waals surface area contributed by atoms with E-state index in [4.69, 9.17) is 4.74 Å². The Kier molecular flexibility index (Phi) is 9.94. The molecular weight excluding hydrogens is 738 g/mol. The summed E-state index contributed by atoms with van der Waals surface area (Å²) in [6.07, 6.45) is 4.39. The normalized spacial score (nSPS) is 20.8. The number of amides is 4. The van der Waals surface area contributed by atoms with Gasteiger partial charge in [0.25, 0.3) is 17.4 Å². The highest BCUT2D eigenvalue weighted by Gasteiger charge is 2.46. The molecule has 4 aromatic rings. The average molecular weight is 777 g/mol. The number of aromatic nitrogens is 2. The van der Waals surface area contributed by atoms with Gasteiger partial charge in [0.15, 0.2) is 4.96 Å². The summed E-state index contributed by atoms with van der Waals surface area (Å²) in [5, 5.41) is 7.60. The average Bonchev–Trinajstić information content (AvgIpc) is 3.69. The third-order valence-corrected chi connectivity index (χ3v) is 11.2. The minimum atomic E-state index is -0.997. The number of piperidine rings is 2. The molecule has 5 heterocycles. The number of thiazole rings is 1. The predicted molar refractivity (Wildman–Crippen MR) is 197 cm³/mol. The van der Waals surface area contributed by atoms with E-state index >= 15 is 0 Å². The lowest BCUT2D eigenvalue weighted by Crippen LogP contribution is -2.54. The van der Waals surface area contributed by atoms with Gasteiger partial charge in [0.2, 0.25) is 11.8 Å². The zero-order chi connectivity index (χ0) is 35.8. The van der Waals surface area contributed by atoms with Gasteiger partial charge in [-0.3, -0.25) is 38.6 Å². The number of rotatable bonds is 11. The minimum Gasteiger partial charge on any atom is -0.494 e. The predicted octanol–water partition coefficient (Wildman–Crippen LogP) is 4.11. The highest BCUT2D eigenvalue weighted by atomic mass is 79.9. The summed E-state index contributed by atoms with van der Waals surface area (Å²) in [6.45, 7) is 2.92. The highest BCUT2D eigenvalue weighted by molar-refractivity contribution is 9.10. The number of carbonyl (C=O) groups excluding carboxylic acids is 4. The van der Waals surface area contributed by atoms with E-state index in [0.717, 1.165) is 43.0 Å². The molecule has 0 aliphatic carbocycles. The van der Waals surface area contributed by atoms with Crippen LogP contribution >= 0.6 is 27.3 Å². The maximum atomic E-state index is 13.5. The topological polar surface area (TPSA) is 146 Å². The van der Waals surface area contributed by atoms with Crippen LogP contribution in [0.5, 0.6) is 5.75 Å². The van der Waals surface area contributed by atoms with Crippen molar-refractivity contribution in [3.63, 3.8) is 0 Å². The first-order valence-electron chi connectivity index (χ1n) is 17.0. The van der Waals surface area contributed by atoms with Crippen LogP contribution in [-0.4, -0.2) is 95.2 Å². The molecule has 3 aliphatic rings. The number of carbonyl (C=O) groups is 4. The van der Waals surface area contributed by atoms with Crippen molar-refractivity contribution in [3.05, 3.63) is 85.6 Å². The number of likely N-dealkylation sites (tertiary alicyclic amines) is 1. The monoisotopic (exact) mass is 775 g/mol.